The van der Waals surface area contributed by atoms with Crippen LogP contribution in [0.25, 0.3) is 0 Å². The topological polar surface area (TPSA) is 0 Å². The van der Waals surface area contributed by atoms with Crippen molar-refractivity contribution in [3.8, 4) is 0 Å². The standard InChI is InChI=1S/C28H48/c1-7-19-10-11-23-24-13-12-22-20-9-8-15-25(2,3)21(20)14-16-27(22,5)28(24,6)18-17-26(19,23)4/h19-24H,7-18H2,1-6H3/t19-,20-,21+,22+,23+,24+,26+,27+,28+/m0/s1. The van der Waals surface area contributed by atoms with Gasteiger partial charge in [-0.05, 0) is 121 Å². The van der Waals surface area contributed by atoms with Crippen LogP contribution in [-0.2, 0) is 0 Å². The molecule has 5 aliphatic rings. The zero-order chi connectivity index (χ0) is 19.9. The maximum absolute atomic E-state index is 2.80. The molecule has 0 amide bonds. The Morgan fingerprint density at radius 3 is 2.04 bits per heavy atom. The lowest BCUT2D eigenvalue weighted by molar-refractivity contribution is -0.207. The SMILES string of the molecule is CC[C@H]1CC[C@@H]2[C@H]3CC[C@@H]4[C@H]5CCCC(C)(C)[C@@H]5CC[C@@]4(C)[C@]3(C)CC[C@]12C. The molecule has 0 radical (unpaired) electrons. The van der Waals surface area contributed by atoms with Crippen molar-refractivity contribution in [3.63, 3.8) is 0 Å². The monoisotopic (exact) mass is 384 g/mol. The van der Waals surface area contributed by atoms with Crippen LogP contribution in [0.2, 0.25) is 0 Å². The first-order chi connectivity index (χ1) is 13.2. The number of hydrogen-bond acceptors (Lipinski definition) is 0. The minimum absolute atomic E-state index is 0.604. The molecule has 0 nitrogen and oxygen atoms in total. The minimum Gasteiger partial charge on any atom is -0.0651 e. The molecule has 0 N–H and O–H groups in total. The lowest BCUT2D eigenvalue weighted by Gasteiger charge is -2.69. The van der Waals surface area contributed by atoms with Gasteiger partial charge in [-0.3, -0.25) is 0 Å². The number of hydrogen-bond donors (Lipinski definition) is 0. The molecule has 0 unspecified atom stereocenters. The van der Waals surface area contributed by atoms with E-state index >= 15 is 0 Å². The zero-order valence-corrected chi connectivity index (χ0v) is 19.9. The lowest BCUT2D eigenvalue weighted by Crippen LogP contribution is -2.62. The van der Waals surface area contributed by atoms with E-state index in [-0.39, 0.29) is 0 Å². The van der Waals surface area contributed by atoms with E-state index in [1.54, 1.807) is 25.7 Å². The molecule has 0 heterocycles. The van der Waals surface area contributed by atoms with E-state index < -0.39 is 0 Å². The van der Waals surface area contributed by atoms with Crippen molar-refractivity contribution in [1.82, 2.24) is 0 Å². The molecule has 5 saturated carbocycles. The van der Waals surface area contributed by atoms with Gasteiger partial charge >= 0.3 is 0 Å². The molecule has 0 spiro atoms. The molecule has 0 heteroatoms. The summed E-state index contributed by atoms with van der Waals surface area (Å²) in [7, 11) is 0. The van der Waals surface area contributed by atoms with Gasteiger partial charge in [-0.1, -0.05) is 54.4 Å². The Morgan fingerprint density at radius 2 is 1.29 bits per heavy atom. The van der Waals surface area contributed by atoms with Gasteiger partial charge in [-0.2, -0.15) is 0 Å². The first-order valence-corrected chi connectivity index (χ1v) is 13.2. The molecule has 160 valence electrons. The van der Waals surface area contributed by atoms with Crippen molar-refractivity contribution in [2.75, 3.05) is 0 Å². The zero-order valence-electron chi connectivity index (χ0n) is 19.9. The average Bonchev–Trinajstić information content (AvgIpc) is 2.98. The second-order valence-electron chi connectivity index (χ2n) is 13.6. The molecule has 0 aliphatic heterocycles. The summed E-state index contributed by atoms with van der Waals surface area (Å²) in [5.74, 6) is 6.17. The molecule has 5 fully saturated rings. The largest absolute Gasteiger partial charge is 0.0651 e. The van der Waals surface area contributed by atoms with Gasteiger partial charge < -0.3 is 0 Å². The van der Waals surface area contributed by atoms with Crippen LogP contribution in [0.15, 0.2) is 0 Å². The van der Waals surface area contributed by atoms with E-state index in [4.69, 9.17) is 0 Å². The fourth-order valence-corrected chi connectivity index (χ4v) is 11.0. The molecule has 0 aromatic carbocycles. The van der Waals surface area contributed by atoms with Gasteiger partial charge in [-0.25, -0.2) is 0 Å². The van der Waals surface area contributed by atoms with Gasteiger partial charge in [0.05, 0.1) is 0 Å². The summed E-state index contributed by atoms with van der Waals surface area (Å²) >= 11 is 0. The van der Waals surface area contributed by atoms with Gasteiger partial charge in [0.1, 0.15) is 0 Å². The molecule has 0 bridgehead atoms. The van der Waals surface area contributed by atoms with Crippen LogP contribution in [0.3, 0.4) is 0 Å². The first-order valence-electron chi connectivity index (χ1n) is 13.2. The molecule has 5 rings (SSSR count). The quantitative estimate of drug-likeness (QED) is 0.425. The lowest BCUT2D eigenvalue weighted by atomic mass is 9.35. The van der Waals surface area contributed by atoms with Crippen molar-refractivity contribution in [3.05, 3.63) is 0 Å². The summed E-state index contributed by atoms with van der Waals surface area (Å²) < 4.78 is 0. The van der Waals surface area contributed by atoms with Crippen molar-refractivity contribution >= 4 is 0 Å². The summed E-state index contributed by atoms with van der Waals surface area (Å²) in [6.07, 6.45) is 18.3. The van der Waals surface area contributed by atoms with E-state index in [9.17, 15) is 0 Å². The summed E-state index contributed by atoms with van der Waals surface area (Å²) in [5, 5.41) is 0. The van der Waals surface area contributed by atoms with Crippen LogP contribution >= 0.6 is 0 Å². The van der Waals surface area contributed by atoms with Crippen LogP contribution in [0.1, 0.15) is 119 Å². The van der Waals surface area contributed by atoms with Crippen LogP contribution in [0.4, 0.5) is 0 Å². The summed E-state index contributed by atoms with van der Waals surface area (Å²) in [6, 6.07) is 0. The molecule has 28 heavy (non-hydrogen) atoms. The Hall–Kier alpha value is 0. The highest BCUT2D eigenvalue weighted by Gasteiger charge is 2.67. The molecule has 5 aliphatic carbocycles. The van der Waals surface area contributed by atoms with Crippen LogP contribution in [0, 0.1) is 57.2 Å². The second kappa shape index (κ2) is 6.26. The van der Waals surface area contributed by atoms with Gasteiger partial charge in [0.25, 0.3) is 0 Å². The predicted octanol–water partition coefficient (Wildman–Crippen LogP) is 8.50. The Kier molecular flexibility index (Phi) is 4.46. The number of rotatable bonds is 1. The highest BCUT2D eigenvalue weighted by Crippen LogP contribution is 2.75. The van der Waals surface area contributed by atoms with Crippen molar-refractivity contribution < 1.29 is 0 Å². The predicted molar refractivity (Wildman–Crippen MR) is 120 cm³/mol. The molecular weight excluding hydrogens is 336 g/mol. The average molecular weight is 385 g/mol. The third kappa shape index (κ3) is 2.36. The molecule has 0 saturated heterocycles. The van der Waals surface area contributed by atoms with E-state index in [2.05, 4.69) is 41.5 Å². The smallest absolute Gasteiger partial charge is 0.0238 e. The number of fused-ring (bicyclic) bond motifs is 7. The highest BCUT2D eigenvalue weighted by molar-refractivity contribution is 5.15. The van der Waals surface area contributed by atoms with Crippen molar-refractivity contribution in [1.29, 1.82) is 0 Å². The summed E-state index contributed by atoms with van der Waals surface area (Å²) in [6.45, 7) is 16.0. The van der Waals surface area contributed by atoms with E-state index in [1.807, 2.05) is 0 Å². The van der Waals surface area contributed by atoms with Crippen LogP contribution < -0.4 is 0 Å². The van der Waals surface area contributed by atoms with Crippen molar-refractivity contribution in [2.24, 2.45) is 57.2 Å². The molecule has 9 atom stereocenters. The van der Waals surface area contributed by atoms with E-state index in [1.165, 1.54) is 51.4 Å². The van der Waals surface area contributed by atoms with E-state index in [0.29, 0.717) is 21.7 Å². The molecule has 0 aromatic heterocycles. The molecular formula is C28H48. The van der Waals surface area contributed by atoms with Gasteiger partial charge in [0, 0.05) is 0 Å². The van der Waals surface area contributed by atoms with Gasteiger partial charge in [-0.15, -0.1) is 0 Å². The van der Waals surface area contributed by atoms with Crippen molar-refractivity contribution in [2.45, 2.75) is 119 Å². The Bertz CT molecular complexity index is 618. The Morgan fingerprint density at radius 1 is 0.607 bits per heavy atom. The Labute approximate surface area is 176 Å². The van der Waals surface area contributed by atoms with Gasteiger partial charge in [0.2, 0.25) is 0 Å². The normalized spacial score (nSPS) is 57.6. The fourth-order valence-electron chi connectivity index (χ4n) is 11.0. The first kappa shape index (κ1) is 19.9. The highest BCUT2D eigenvalue weighted by atomic mass is 14.7. The minimum atomic E-state index is 0.604. The maximum atomic E-state index is 2.80. The van der Waals surface area contributed by atoms with E-state index in [0.717, 1.165) is 35.5 Å². The van der Waals surface area contributed by atoms with Crippen LogP contribution in [0.5, 0.6) is 0 Å². The Balaban J connectivity index is 1.48. The second-order valence-corrected chi connectivity index (χ2v) is 13.6. The summed E-state index contributed by atoms with van der Waals surface area (Å²) in [4.78, 5) is 0. The maximum Gasteiger partial charge on any atom is -0.0238 e. The third-order valence-corrected chi connectivity index (χ3v) is 12.9. The summed E-state index contributed by atoms with van der Waals surface area (Å²) in [5.41, 5.74) is 2.52. The fraction of sp³-hybridized carbons (Fsp3) is 1.00. The molecule has 0 aromatic rings. The van der Waals surface area contributed by atoms with Gasteiger partial charge in [0.15, 0.2) is 0 Å². The third-order valence-electron chi connectivity index (χ3n) is 12.9. The van der Waals surface area contributed by atoms with Crippen LogP contribution in [-0.4, -0.2) is 0 Å².